The highest BCUT2D eigenvalue weighted by Gasteiger charge is 2.38. The predicted molar refractivity (Wildman–Crippen MR) is 87.6 cm³/mol. The summed E-state index contributed by atoms with van der Waals surface area (Å²) in [4.78, 5) is 9.75. The maximum Gasteiger partial charge on any atom is 0.0705 e. The molecule has 3 atom stereocenters. The molecule has 4 heteroatoms. The molecule has 0 saturated carbocycles. The second-order valence-electron chi connectivity index (χ2n) is 6.77. The average Bonchev–Trinajstić information content (AvgIpc) is 2.86. The van der Waals surface area contributed by atoms with Crippen molar-refractivity contribution in [3.63, 3.8) is 0 Å². The first-order valence-corrected chi connectivity index (χ1v) is 8.20. The van der Waals surface area contributed by atoms with Crippen molar-refractivity contribution in [3.8, 4) is 0 Å². The number of benzene rings is 1. The van der Waals surface area contributed by atoms with E-state index in [2.05, 4.69) is 47.1 Å². The summed E-state index contributed by atoms with van der Waals surface area (Å²) in [6.45, 7) is 6.10. The van der Waals surface area contributed by atoms with Crippen LogP contribution in [0.2, 0.25) is 0 Å². The van der Waals surface area contributed by atoms with E-state index in [1.165, 1.54) is 5.39 Å². The number of pyridine rings is 1. The highest BCUT2D eigenvalue weighted by Crippen LogP contribution is 2.26. The van der Waals surface area contributed by atoms with Crippen molar-refractivity contribution < 1.29 is 5.11 Å². The molecule has 2 aliphatic heterocycles. The van der Waals surface area contributed by atoms with E-state index in [0.717, 1.165) is 43.8 Å². The minimum Gasteiger partial charge on any atom is -0.392 e. The van der Waals surface area contributed by atoms with Crippen molar-refractivity contribution in [3.05, 3.63) is 42.1 Å². The van der Waals surface area contributed by atoms with Crippen LogP contribution in [0.15, 0.2) is 36.4 Å². The summed E-state index contributed by atoms with van der Waals surface area (Å²) in [6.07, 6.45) is 0.768. The van der Waals surface area contributed by atoms with E-state index in [9.17, 15) is 5.11 Å². The smallest absolute Gasteiger partial charge is 0.0705 e. The van der Waals surface area contributed by atoms with Crippen molar-refractivity contribution in [2.45, 2.75) is 38.1 Å². The van der Waals surface area contributed by atoms with Crippen LogP contribution in [0.4, 0.5) is 0 Å². The molecule has 22 heavy (non-hydrogen) atoms. The Balaban J connectivity index is 1.51. The molecule has 0 spiro atoms. The van der Waals surface area contributed by atoms with Gasteiger partial charge in [-0.3, -0.25) is 14.8 Å². The maximum atomic E-state index is 9.87. The van der Waals surface area contributed by atoms with Gasteiger partial charge in [-0.25, -0.2) is 0 Å². The van der Waals surface area contributed by atoms with Gasteiger partial charge in [0, 0.05) is 43.6 Å². The summed E-state index contributed by atoms with van der Waals surface area (Å²) in [6, 6.07) is 13.6. The van der Waals surface area contributed by atoms with Crippen LogP contribution in [-0.4, -0.2) is 57.7 Å². The van der Waals surface area contributed by atoms with E-state index >= 15 is 0 Å². The number of nitrogens with zero attached hydrogens (tertiary/aromatic N) is 3. The van der Waals surface area contributed by atoms with Crippen LogP contribution < -0.4 is 0 Å². The first-order valence-electron chi connectivity index (χ1n) is 8.20. The fourth-order valence-corrected chi connectivity index (χ4v) is 3.90. The Hall–Kier alpha value is -1.49. The van der Waals surface area contributed by atoms with Gasteiger partial charge in [-0.15, -0.1) is 0 Å². The number of rotatable bonds is 2. The minimum atomic E-state index is -0.143. The normalized spacial score (nSPS) is 29.8. The van der Waals surface area contributed by atoms with Crippen molar-refractivity contribution in [1.82, 2.24) is 14.8 Å². The van der Waals surface area contributed by atoms with Crippen LogP contribution in [0, 0.1) is 0 Å². The van der Waals surface area contributed by atoms with Crippen LogP contribution in [0.1, 0.15) is 19.0 Å². The number of aromatic nitrogens is 1. The maximum absolute atomic E-state index is 9.87. The summed E-state index contributed by atoms with van der Waals surface area (Å²) in [7, 11) is 0. The standard InChI is InChI=1S/C18H23N3O/c1-13-9-21-12-17(22)8-16(21)11-20(13)10-15-7-6-14-4-2-3-5-18(14)19-15/h2-7,13,16-17,22H,8-12H2,1H3/t13-,16+,17-/m1/s1. The Morgan fingerprint density at radius 1 is 1.14 bits per heavy atom. The summed E-state index contributed by atoms with van der Waals surface area (Å²) < 4.78 is 0. The van der Waals surface area contributed by atoms with E-state index < -0.39 is 0 Å². The van der Waals surface area contributed by atoms with Crippen molar-refractivity contribution in [1.29, 1.82) is 0 Å². The summed E-state index contributed by atoms with van der Waals surface area (Å²) >= 11 is 0. The third kappa shape index (κ3) is 2.62. The van der Waals surface area contributed by atoms with Crippen molar-refractivity contribution in [2.75, 3.05) is 19.6 Å². The third-order valence-corrected chi connectivity index (χ3v) is 5.09. The first-order chi connectivity index (χ1) is 10.7. The van der Waals surface area contributed by atoms with Gasteiger partial charge in [-0.05, 0) is 25.5 Å². The zero-order valence-corrected chi connectivity index (χ0v) is 13.0. The lowest BCUT2D eigenvalue weighted by molar-refractivity contribution is 0.0521. The highest BCUT2D eigenvalue weighted by atomic mass is 16.3. The number of hydrogen-bond donors (Lipinski definition) is 1. The molecule has 0 amide bonds. The van der Waals surface area contributed by atoms with Crippen LogP contribution >= 0.6 is 0 Å². The Kier molecular flexibility index (Phi) is 3.60. The molecule has 116 valence electrons. The van der Waals surface area contributed by atoms with Gasteiger partial charge in [0.15, 0.2) is 0 Å². The number of piperazine rings is 1. The monoisotopic (exact) mass is 297 g/mol. The Bertz CT molecular complexity index is 674. The second kappa shape index (κ2) is 5.61. The molecule has 0 radical (unpaired) electrons. The molecular weight excluding hydrogens is 274 g/mol. The molecule has 4 rings (SSSR count). The van der Waals surface area contributed by atoms with Crippen molar-refractivity contribution in [2.24, 2.45) is 0 Å². The zero-order valence-electron chi connectivity index (χ0n) is 13.0. The summed E-state index contributed by atoms with van der Waals surface area (Å²) in [5.41, 5.74) is 2.21. The molecule has 3 heterocycles. The quantitative estimate of drug-likeness (QED) is 0.919. The Morgan fingerprint density at radius 2 is 2.00 bits per heavy atom. The SMILES string of the molecule is C[C@@H]1CN2C[C@H](O)C[C@H]2CN1Cc1ccc2ccccc2n1. The lowest BCUT2D eigenvalue weighted by Gasteiger charge is -2.42. The molecule has 2 fully saturated rings. The van der Waals surface area contributed by atoms with E-state index in [-0.39, 0.29) is 6.10 Å². The largest absolute Gasteiger partial charge is 0.392 e. The predicted octanol–water partition coefficient (Wildman–Crippen LogP) is 1.87. The van der Waals surface area contributed by atoms with Gasteiger partial charge in [0.1, 0.15) is 0 Å². The van der Waals surface area contributed by atoms with Crippen LogP contribution in [0.3, 0.4) is 0 Å². The third-order valence-electron chi connectivity index (χ3n) is 5.09. The van der Waals surface area contributed by atoms with Gasteiger partial charge in [0.2, 0.25) is 0 Å². The molecule has 1 N–H and O–H groups in total. The van der Waals surface area contributed by atoms with Gasteiger partial charge < -0.3 is 5.11 Å². The lowest BCUT2D eigenvalue weighted by Crippen LogP contribution is -2.54. The van der Waals surface area contributed by atoms with Gasteiger partial charge >= 0.3 is 0 Å². The molecule has 0 aliphatic carbocycles. The summed E-state index contributed by atoms with van der Waals surface area (Å²) in [5, 5.41) is 11.1. The Labute approximate surface area is 131 Å². The van der Waals surface area contributed by atoms with Gasteiger partial charge in [0.05, 0.1) is 17.3 Å². The fraction of sp³-hybridized carbons (Fsp3) is 0.500. The number of fused-ring (bicyclic) bond motifs is 2. The number of para-hydroxylation sites is 1. The minimum absolute atomic E-state index is 0.143. The van der Waals surface area contributed by atoms with Gasteiger partial charge in [0.25, 0.3) is 0 Å². The summed E-state index contributed by atoms with van der Waals surface area (Å²) in [5.74, 6) is 0. The van der Waals surface area contributed by atoms with Crippen LogP contribution in [0.5, 0.6) is 0 Å². The molecule has 0 unspecified atom stereocenters. The first kappa shape index (κ1) is 14.1. The van der Waals surface area contributed by atoms with Crippen LogP contribution in [-0.2, 0) is 6.54 Å². The number of hydrogen-bond acceptors (Lipinski definition) is 4. The average molecular weight is 297 g/mol. The molecule has 0 bridgehead atoms. The molecule has 1 aromatic heterocycles. The molecule has 4 nitrogen and oxygen atoms in total. The van der Waals surface area contributed by atoms with E-state index in [1.54, 1.807) is 0 Å². The van der Waals surface area contributed by atoms with Crippen molar-refractivity contribution >= 4 is 10.9 Å². The fourth-order valence-electron chi connectivity index (χ4n) is 3.90. The van der Waals surface area contributed by atoms with E-state index in [1.807, 2.05) is 6.07 Å². The molecule has 2 aliphatic rings. The van der Waals surface area contributed by atoms with Gasteiger partial charge in [-0.1, -0.05) is 24.3 Å². The zero-order chi connectivity index (χ0) is 15.1. The molecule has 2 aromatic rings. The lowest BCUT2D eigenvalue weighted by atomic mass is 10.1. The second-order valence-corrected chi connectivity index (χ2v) is 6.77. The molecule has 2 saturated heterocycles. The highest BCUT2D eigenvalue weighted by molar-refractivity contribution is 5.78. The van der Waals surface area contributed by atoms with Crippen LogP contribution in [0.25, 0.3) is 10.9 Å². The molecule has 1 aromatic carbocycles. The number of aliphatic hydroxyl groups excluding tert-OH is 1. The topological polar surface area (TPSA) is 39.6 Å². The van der Waals surface area contributed by atoms with E-state index in [0.29, 0.717) is 12.1 Å². The number of aliphatic hydroxyl groups is 1. The molecular formula is C18H23N3O. The van der Waals surface area contributed by atoms with Gasteiger partial charge in [-0.2, -0.15) is 0 Å². The Morgan fingerprint density at radius 3 is 2.91 bits per heavy atom. The van der Waals surface area contributed by atoms with E-state index in [4.69, 9.17) is 4.98 Å².